The molecule has 1 heterocycles. The van der Waals surface area contributed by atoms with Crippen LogP contribution in [0.3, 0.4) is 0 Å². The van der Waals surface area contributed by atoms with E-state index in [1.807, 2.05) is 45.9 Å². The summed E-state index contributed by atoms with van der Waals surface area (Å²) in [6, 6.07) is 25.4. The van der Waals surface area contributed by atoms with Crippen molar-refractivity contribution in [2.24, 2.45) is 5.10 Å². The third-order valence-electron chi connectivity index (χ3n) is 6.16. The molecular weight excluding hydrogens is 484 g/mol. The van der Waals surface area contributed by atoms with Gasteiger partial charge in [-0.15, -0.1) is 0 Å². The van der Waals surface area contributed by atoms with Gasteiger partial charge in [-0.05, 0) is 69.7 Å². The molecule has 0 saturated heterocycles. The Morgan fingerprint density at radius 2 is 1.57 bits per heavy atom. The molecule has 0 atom stereocenters. The van der Waals surface area contributed by atoms with Crippen LogP contribution in [-0.4, -0.2) is 31.7 Å². The maximum atomic E-state index is 13.5. The van der Waals surface area contributed by atoms with E-state index in [4.69, 9.17) is 0 Å². The molecule has 0 aliphatic heterocycles. The Kier molecular flexibility index (Phi) is 7.59. The first-order valence-corrected chi connectivity index (χ1v) is 13.3. The third-order valence-corrected chi connectivity index (χ3v) is 7.93. The SMILES string of the molecule is Cc1ccc(-n2c(C)cc(/C=N\NC(=O)CN(c3ccccc3C)S(=O)(=O)c3ccccc3)c2C)cc1. The molecule has 0 aliphatic rings. The summed E-state index contributed by atoms with van der Waals surface area (Å²) < 4.78 is 30.2. The highest BCUT2D eigenvalue weighted by atomic mass is 32.2. The number of sulfonamides is 1. The maximum absolute atomic E-state index is 13.5. The Balaban J connectivity index is 1.55. The van der Waals surface area contributed by atoms with Crippen molar-refractivity contribution in [1.29, 1.82) is 0 Å². The molecule has 3 aromatic carbocycles. The molecule has 0 spiro atoms. The van der Waals surface area contributed by atoms with E-state index in [9.17, 15) is 13.2 Å². The van der Waals surface area contributed by atoms with Crippen LogP contribution in [0.2, 0.25) is 0 Å². The molecule has 7 nitrogen and oxygen atoms in total. The fourth-order valence-electron chi connectivity index (χ4n) is 4.21. The summed E-state index contributed by atoms with van der Waals surface area (Å²) in [5, 5.41) is 4.13. The van der Waals surface area contributed by atoms with Gasteiger partial charge in [0.05, 0.1) is 16.8 Å². The number of hydrogen-bond donors (Lipinski definition) is 1. The smallest absolute Gasteiger partial charge is 0.264 e. The minimum atomic E-state index is -3.97. The van der Waals surface area contributed by atoms with Crippen LogP contribution in [0.4, 0.5) is 5.69 Å². The lowest BCUT2D eigenvalue weighted by atomic mass is 10.2. The Labute approximate surface area is 218 Å². The van der Waals surface area contributed by atoms with E-state index in [2.05, 4.69) is 39.4 Å². The van der Waals surface area contributed by atoms with E-state index in [-0.39, 0.29) is 4.90 Å². The molecule has 1 N–H and O–H groups in total. The number of rotatable bonds is 8. The summed E-state index contributed by atoms with van der Waals surface area (Å²) in [5.41, 5.74) is 8.77. The lowest BCUT2D eigenvalue weighted by molar-refractivity contribution is -0.119. The number of carbonyl (C=O) groups is 1. The number of aromatic nitrogens is 1. The average Bonchev–Trinajstić information content (AvgIpc) is 3.17. The molecule has 8 heteroatoms. The molecule has 190 valence electrons. The Hall–Kier alpha value is -4.17. The zero-order valence-corrected chi connectivity index (χ0v) is 22.2. The lowest BCUT2D eigenvalue weighted by Crippen LogP contribution is -2.40. The largest absolute Gasteiger partial charge is 0.318 e. The first-order chi connectivity index (χ1) is 17.7. The van der Waals surface area contributed by atoms with Gasteiger partial charge in [-0.3, -0.25) is 9.10 Å². The fraction of sp³-hybridized carbons (Fsp3) is 0.172. The van der Waals surface area contributed by atoms with E-state index in [0.29, 0.717) is 5.69 Å². The first kappa shape index (κ1) is 25.9. The summed E-state index contributed by atoms with van der Waals surface area (Å²) >= 11 is 0. The van der Waals surface area contributed by atoms with Gasteiger partial charge in [0.2, 0.25) is 0 Å². The number of amides is 1. The van der Waals surface area contributed by atoms with Gasteiger partial charge in [0.25, 0.3) is 15.9 Å². The summed E-state index contributed by atoms with van der Waals surface area (Å²) in [6.07, 6.45) is 1.58. The fourth-order valence-corrected chi connectivity index (χ4v) is 5.72. The molecule has 0 bridgehead atoms. The van der Waals surface area contributed by atoms with Gasteiger partial charge in [-0.25, -0.2) is 13.8 Å². The standard InChI is InChI=1S/C29H30N4O3S/c1-21-14-16-26(17-15-21)33-23(3)18-25(24(33)4)19-30-31-29(34)20-32(28-13-9-8-10-22(28)2)37(35,36)27-11-6-5-7-12-27/h5-19H,20H2,1-4H3,(H,31,34)/b30-19-. The van der Waals surface area contributed by atoms with Crippen molar-refractivity contribution in [2.75, 3.05) is 10.8 Å². The molecule has 0 saturated carbocycles. The van der Waals surface area contributed by atoms with Crippen LogP contribution in [0, 0.1) is 27.7 Å². The molecule has 1 amide bonds. The highest BCUT2D eigenvalue weighted by molar-refractivity contribution is 7.92. The Morgan fingerprint density at radius 3 is 2.24 bits per heavy atom. The predicted octanol–water partition coefficient (Wildman–Crippen LogP) is 5.06. The van der Waals surface area contributed by atoms with Gasteiger partial charge in [-0.2, -0.15) is 5.10 Å². The minimum Gasteiger partial charge on any atom is -0.318 e. The van der Waals surface area contributed by atoms with Gasteiger partial charge in [0.15, 0.2) is 0 Å². The van der Waals surface area contributed by atoms with Crippen molar-refractivity contribution < 1.29 is 13.2 Å². The van der Waals surface area contributed by atoms with Crippen LogP contribution >= 0.6 is 0 Å². The number of aryl methyl sites for hydroxylation is 3. The van der Waals surface area contributed by atoms with E-state index in [1.54, 1.807) is 36.5 Å². The van der Waals surface area contributed by atoms with Crippen LogP contribution in [0.5, 0.6) is 0 Å². The van der Waals surface area contributed by atoms with Crippen molar-refractivity contribution >= 4 is 27.8 Å². The molecule has 4 aromatic rings. The van der Waals surface area contributed by atoms with Crippen LogP contribution < -0.4 is 9.73 Å². The molecule has 0 radical (unpaired) electrons. The molecule has 0 aliphatic carbocycles. The number of carbonyl (C=O) groups excluding carboxylic acids is 1. The molecule has 0 unspecified atom stereocenters. The normalized spacial score (nSPS) is 11.6. The second-order valence-corrected chi connectivity index (χ2v) is 10.8. The van der Waals surface area contributed by atoms with Crippen LogP contribution in [-0.2, 0) is 14.8 Å². The topological polar surface area (TPSA) is 83.8 Å². The quantitative estimate of drug-likeness (QED) is 0.264. The van der Waals surface area contributed by atoms with Gasteiger partial charge < -0.3 is 4.57 Å². The molecule has 0 fully saturated rings. The maximum Gasteiger partial charge on any atom is 0.264 e. The van der Waals surface area contributed by atoms with Crippen LogP contribution in [0.15, 0.2) is 94.9 Å². The van der Waals surface area contributed by atoms with Crippen LogP contribution in [0.25, 0.3) is 5.69 Å². The van der Waals surface area contributed by atoms with E-state index >= 15 is 0 Å². The summed E-state index contributed by atoms with van der Waals surface area (Å²) in [5.74, 6) is -0.550. The summed E-state index contributed by atoms with van der Waals surface area (Å²) in [4.78, 5) is 13.0. The molecular formula is C29H30N4O3S. The summed E-state index contributed by atoms with van der Waals surface area (Å²) in [6.45, 7) is 7.44. The van der Waals surface area contributed by atoms with E-state index in [0.717, 1.165) is 32.5 Å². The number of nitrogens with one attached hydrogen (secondary N) is 1. The zero-order chi connectivity index (χ0) is 26.6. The van der Waals surface area contributed by atoms with Crippen molar-refractivity contribution in [3.05, 3.63) is 113 Å². The summed E-state index contributed by atoms with van der Waals surface area (Å²) in [7, 11) is -3.97. The van der Waals surface area contributed by atoms with Gasteiger partial charge in [-0.1, -0.05) is 54.1 Å². The van der Waals surface area contributed by atoms with Crippen molar-refractivity contribution in [1.82, 2.24) is 9.99 Å². The number of anilines is 1. The highest BCUT2D eigenvalue weighted by Crippen LogP contribution is 2.26. The molecule has 1 aromatic heterocycles. The number of hydrogen-bond acceptors (Lipinski definition) is 4. The monoisotopic (exact) mass is 514 g/mol. The van der Waals surface area contributed by atoms with Crippen LogP contribution in [0.1, 0.15) is 28.1 Å². The first-order valence-electron chi connectivity index (χ1n) is 11.9. The second-order valence-electron chi connectivity index (χ2n) is 8.90. The predicted molar refractivity (Wildman–Crippen MR) is 148 cm³/mol. The highest BCUT2D eigenvalue weighted by Gasteiger charge is 2.28. The average molecular weight is 515 g/mol. The number of nitrogens with zero attached hydrogens (tertiary/aromatic N) is 3. The van der Waals surface area contributed by atoms with E-state index < -0.39 is 22.5 Å². The third kappa shape index (κ3) is 5.65. The van der Waals surface area contributed by atoms with Crippen molar-refractivity contribution in [3.63, 3.8) is 0 Å². The number of hydrazone groups is 1. The zero-order valence-electron chi connectivity index (χ0n) is 21.3. The van der Waals surface area contributed by atoms with E-state index in [1.165, 1.54) is 17.7 Å². The van der Waals surface area contributed by atoms with Crippen molar-refractivity contribution in [3.8, 4) is 5.69 Å². The molecule has 4 rings (SSSR count). The number of para-hydroxylation sites is 1. The lowest BCUT2D eigenvalue weighted by Gasteiger charge is -2.25. The molecule has 37 heavy (non-hydrogen) atoms. The van der Waals surface area contributed by atoms with Crippen molar-refractivity contribution in [2.45, 2.75) is 32.6 Å². The van der Waals surface area contributed by atoms with Gasteiger partial charge >= 0.3 is 0 Å². The Morgan fingerprint density at radius 1 is 0.919 bits per heavy atom. The Bertz CT molecular complexity index is 1540. The van der Waals surface area contributed by atoms with Gasteiger partial charge in [0, 0.05) is 22.6 Å². The minimum absolute atomic E-state index is 0.109. The number of benzene rings is 3. The second kappa shape index (κ2) is 10.8. The van der Waals surface area contributed by atoms with Gasteiger partial charge in [0.1, 0.15) is 6.54 Å².